The summed E-state index contributed by atoms with van der Waals surface area (Å²) in [6.07, 6.45) is 6.90. The van der Waals surface area contributed by atoms with Crippen LogP contribution in [-0.4, -0.2) is 26.6 Å². The zero-order chi connectivity index (χ0) is 12.5. The number of benzene rings is 1. The van der Waals surface area contributed by atoms with Crippen molar-refractivity contribution in [3.05, 3.63) is 42.9 Å². The van der Waals surface area contributed by atoms with Gasteiger partial charge in [0.25, 0.3) is 0 Å². The molecule has 0 bridgehead atoms. The van der Waals surface area contributed by atoms with Gasteiger partial charge in [-0.1, -0.05) is 0 Å². The lowest BCUT2D eigenvalue weighted by molar-refractivity contribution is 0.413. The van der Waals surface area contributed by atoms with Crippen molar-refractivity contribution in [3.63, 3.8) is 0 Å². The Balaban J connectivity index is 2.42. The third-order valence-corrected chi connectivity index (χ3v) is 2.92. The molecule has 0 saturated carbocycles. The summed E-state index contributed by atoms with van der Waals surface area (Å²) in [7, 11) is 1.65. The van der Waals surface area contributed by atoms with Gasteiger partial charge in [0.05, 0.1) is 13.4 Å². The number of methoxy groups -OCH3 is 1. The first-order valence-electron chi connectivity index (χ1n) is 5.58. The van der Waals surface area contributed by atoms with Crippen LogP contribution in [0.5, 0.6) is 5.75 Å². The molecule has 18 heavy (non-hydrogen) atoms. The molecule has 3 aromatic rings. The van der Waals surface area contributed by atoms with Crippen LogP contribution >= 0.6 is 0 Å². The second kappa shape index (κ2) is 4.10. The normalized spacial score (nSPS) is 10.8. The monoisotopic (exact) mass is 240 g/mol. The summed E-state index contributed by atoms with van der Waals surface area (Å²) in [6, 6.07) is 3.90. The van der Waals surface area contributed by atoms with Gasteiger partial charge in [-0.15, -0.1) is 0 Å². The van der Waals surface area contributed by atoms with Gasteiger partial charge in [0.2, 0.25) is 0 Å². The van der Waals surface area contributed by atoms with E-state index in [-0.39, 0.29) is 0 Å². The van der Waals surface area contributed by atoms with Gasteiger partial charge >= 0.3 is 0 Å². The number of nitrogens with zero attached hydrogens (tertiary/aromatic N) is 4. The Bertz CT molecular complexity index is 692. The van der Waals surface area contributed by atoms with E-state index in [1.54, 1.807) is 26.0 Å². The summed E-state index contributed by atoms with van der Waals surface area (Å²) < 4.78 is 7.30. The average Bonchev–Trinajstić information content (AvgIpc) is 2.91. The molecule has 1 aromatic carbocycles. The molecule has 0 aliphatic rings. The van der Waals surface area contributed by atoms with Crippen molar-refractivity contribution in [1.29, 1.82) is 0 Å². The smallest absolute Gasteiger partial charge is 0.145 e. The molecule has 0 atom stereocenters. The third kappa shape index (κ3) is 1.52. The van der Waals surface area contributed by atoms with E-state index in [4.69, 9.17) is 4.74 Å². The van der Waals surface area contributed by atoms with Gasteiger partial charge in [-0.2, -0.15) is 0 Å². The van der Waals surface area contributed by atoms with E-state index >= 15 is 0 Å². The molecular formula is C13H12N4O. The average molecular weight is 240 g/mol. The van der Waals surface area contributed by atoms with Crippen molar-refractivity contribution in [1.82, 2.24) is 19.5 Å². The summed E-state index contributed by atoms with van der Waals surface area (Å²) >= 11 is 0. The predicted octanol–water partition coefficient (Wildman–Crippen LogP) is 2.13. The lowest BCUT2D eigenvalue weighted by Crippen LogP contribution is -1.99. The lowest BCUT2D eigenvalue weighted by Gasteiger charge is -2.12. The molecule has 0 N–H and O–H groups in total. The van der Waals surface area contributed by atoms with Crippen LogP contribution < -0.4 is 4.74 Å². The molecule has 2 heterocycles. The van der Waals surface area contributed by atoms with Crippen molar-refractivity contribution >= 4 is 10.9 Å². The van der Waals surface area contributed by atoms with Crippen molar-refractivity contribution in [2.45, 2.75) is 6.92 Å². The molecule has 3 rings (SSSR count). The van der Waals surface area contributed by atoms with Crippen LogP contribution in [0.2, 0.25) is 0 Å². The molecule has 0 radical (unpaired) electrons. The van der Waals surface area contributed by atoms with Crippen molar-refractivity contribution in [3.8, 4) is 11.4 Å². The van der Waals surface area contributed by atoms with E-state index < -0.39 is 0 Å². The Morgan fingerprint density at radius 3 is 2.83 bits per heavy atom. The topological polar surface area (TPSA) is 52.8 Å². The van der Waals surface area contributed by atoms with Gasteiger partial charge in [-0.05, 0) is 19.1 Å². The van der Waals surface area contributed by atoms with Crippen LogP contribution in [0.25, 0.3) is 16.6 Å². The zero-order valence-electron chi connectivity index (χ0n) is 10.2. The number of fused-ring (bicyclic) bond motifs is 1. The highest BCUT2D eigenvalue weighted by Crippen LogP contribution is 2.30. The van der Waals surface area contributed by atoms with Crippen LogP contribution in [0.1, 0.15) is 5.69 Å². The fraction of sp³-hybridized carbons (Fsp3) is 0.154. The molecule has 0 aliphatic heterocycles. The number of ether oxygens (including phenoxy) is 1. The lowest BCUT2D eigenvalue weighted by atomic mass is 10.1. The molecule has 5 nitrogen and oxygen atoms in total. The maximum atomic E-state index is 5.41. The maximum absolute atomic E-state index is 5.41. The van der Waals surface area contributed by atoms with E-state index in [0.717, 1.165) is 28.0 Å². The van der Waals surface area contributed by atoms with Gasteiger partial charge in [0, 0.05) is 23.5 Å². The fourth-order valence-corrected chi connectivity index (χ4v) is 2.03. The summed E-state index contributed by atoms with van der Waals surface area (Å²) in [5.41, 5.74) is 2.70. The highest BCUT2D eigenvalue weighted by atomic mass is 16.5. The zero-order valence-corrected chi connectivity index (χ0v) is 10.2. The number of aromatic nitrogens is 4. The first-order chi connectivity index (χ1) is 8.81. The minimum Gasteiger partial charge on any atom is -0.494 e. The Labute approximate surface area is 104 Å². The van der Waals surface area contributed by atoms with Gasteiger partial charge < -0.3 is 9.30 Å². The quantitative estimate of drug-likeness (QED) is 0.688. The fourth-order valence-electron chi connectivity index (χ4n) is 2.03. The summed E-state index contributed by atoms with van der Waals surface area (Å²) in [4.78, 5) is 12.6. The van der Waals surface area contributed by atoms with Crippen LogP contribution in [0.15, 0.2) is 37.2 Å². The Hall–Kier alpha value is -2.43. The van der Waals surface area contributed by atoms with E-state index in [9.17, 15) is 0 Å². The predicted molar refractivity (Wildman–Crippen MR) is 67.9 cm³/mol. The molecule has 90 valence electrons. The number of rotatable bonds is 2. The number of hydrogen-bond donors (Lipinski definition) is 0. The molecule has 2 aromatic heterocycles. The van der Waals surface area contributed by atoms with Crippen LogP contribution in [0.4, 0.5) is 0 Å². The Morgan fingerprint density at radius 1 is 1.22 bits per heavy atom. The summed E-state index contributed by atoms with van der Waals surface area (Å²) in [5, 5.41) is 1.02. The molecule has 0 amide bonds. The highest BCUT2D eigenvalue weighted by molar-refractivity contribution is 5.90. The first kappa shape index (κ1) is 10.7. The SMILES string of the molecule is COc1ccc2c(C)ncnc2c1-n1ccnc1. The largest absolute Gasteiger partial charge is 0.494 e. The van der Waals surface area contributed by atoms with Gasteiger partial charge in [0.15, 0.2) is 0 Å². The standard InChI is InChI=1S/C13H12N4O/c1-9-10-3-4-11(18-2)13(12(10)16-7-15-9)17-6-5-14-8-17/h3-8H,1-2H3. The minimum absolute atomic E-state index is 0.763. The van der Waals surface area contributed by atoms with E-state index in [0.29, 0.717) is 0 Å². The van der Waals surface area contributed by atoms with E-state index in [1.807, 2.05) is 29.8 Å². The second-order valence-electron chi connectivity index (χ2n) is 3.94. The number of imidazole rings is 1. The maximum Gasteiger partial charge on any atom is 0.145 e. The summed E-state index contributed by atoms with van der Waals surface area (Å²) in [5.74, 6) is 0.763. The molecular weight excluding hydrogens is 228 g/mol. The van der Waals surface area contributed by atoms with Gasteiger partial charge in [-0.3, -0.25) is 0 Å². The highest BCUT2D eigenvalue weighted by Gasteiger charge is 2.12. The summed E-state index contributed by atoms with van der Waals surface area (Å²) in [6.45, 7) is 1.97. The number of aryl methyl sites for hydroxylation is 1. The molecule has 0 spiro atoms. The third-order valence-electron chi connectivity index (χ3n) is 2.92. The van der Waals surface area contributed by atoms with Crippen LogP contribution in [0, 0.1) is 6.92 Å². The van der Waals surface area contributed by atoms with E-state index in [2.05, 4.69) is 15.0 Å². The molecule has 0 aliphatic carbocycles. The van der Waals surface area contributed by atoms with Crippen molar-refractivity contribution < 1.29 is 4.74 Å². The number of hydrogen-bond acceptors (Lipinski definition) is 4. The molecule has 0 unspecified atom stereocenters. The van der Waals surface area contributed by atoms with Crippen LogP contribution in [0.3, 0.4) is 0 Å². The Kier molecular flexibility index (Phi) is 2.44. The van der Waals surface area contributed by atoms with Crippen molar-refractivity contribution in [2.75, 3.05) is 7.11 Å². The van der Waals surface area contributed by atoms with Gasteiger partial charge in [0.1, 0.15) is 23.3 Å². The van der Waals surface area contributed by atoms with E-state index in [1.165, 1.54) is 0 Å². The minimum atomic E-state index is 0.763. The molecule has 0 saturated heterocycles. The van der Waals surface area contributed by atoms with Crippen LogP contribution in [-0.2, 0) is 0 Å². The Morgan fingerprint density at radius 2 is 2.11 bits per heavy atom. The molecule has 0 fully saturated rings. The second-order valence-corrected chi connectivity index (χ2v) is 3.94. The van der Waals surface area contributed by atoms with Gasteiger partial charge in [-0.25, -0.2) is 15.0 Å². The molecule has 5 heteroatoms. The van der Waals surface area contributed by atoms with Crippen molar-refractivity contribution in [2.24, 2.45) is 0 Å². The first-order valence-corrected chi connectivity index (χ1v) is 5.58.